The van der Waals surface area contributed by atoms with Gasteiger partial charge in [0.1, 0.15) is 0 Å². The number of carbonyl (C=O) groups excluding carboxylic acids is 1. The van der Waals surface area contributed by atoms with Crippen molar-refractivity contribution in [1.29, 1.82) is 0 Å². The number of fused-ring (bicyclic) bond motifs is 1. The van der Waals surface area contributed by atoms with Crippen LogP contribution in [0.15, 0.2) is 59.3 Å². The van der Waals surface area contributed by atoms with E-state index < -0.39 is 0 Å². The second kappa shape index (κ2) is 6.82. The fourth-order valence-corrected chi connectivity index (χ4v) is 2.65. The number of carbonyl (C=O) groups is 1. The number of hydrogen-bond donors (Lipinski definition) is 1. The van der Waals surface area contributed by atoms with Gasteiger partial charge in [-0.2, -0.15) is 5.10 Å². The number of nitrogens with zero attached hydrogens (tertiary/aromatic N) is 3. The second-order valence-corrected chi connectivity index (χ2v) is 5.46. The van der Waals surface area contributed by atoms with Gasteiger partial charge in [-0.25, -0.2) is 10.4 Å². The van der Waals surface area contributed by atoms with Crippen molar-refractivity contribution in [3.8, 4) is 0 Å². The molecule has 0 aliphatic carbocycles. The number of thiazole rings is 1. The minimum absolute atomic E-state index is 0.185. The molecule has 0 radical (unpaired) electrons. The van der Waals surface area contributed by atoms with Gasteiger partial charge in [0.15, 0.2) is 4.96 Å². The van der Waals surface area contributed by atoms with Gasteiger partial charge in [-0.05, 0) is 11.6 Å². The average Bonchev–Trinajstić information content (AvgIpc) is 3.09. The van der Waals surface area contributed by atoms with Crippen LogP contribution in [0.2, 0.25) is 0 Å². The molecule has 0 atom stereocenters. The molecule has 2 heterocycles. The van der Waals surface area contributed by atoms with E-state index in [0.717, 1.165) is 16.2 Å². The highest BCUT2D eigenvalue weighted by Crippen LogP contribution is 2.11. The summed E-state index contributed by atoms with van der Waals surface area (Å²) in [4.78, 5) is 17.0. The Morgan fingerprint density at radius 2 is 2.23 bits per heavy atom. The number of amides is 1. The summed E-state index contributed by atoms with van der Waals surface area (Å²) in [7, 11) is 0. The normalized spacial score (nSPS) is 11.6. The van der Waals surface area contributed by atoms with Crippen LogP contribution in [-0.2, 0) is 11.2 Å². The quantitative estimate of drug-likeness (QED) is 0.582. The standard InChI is InChI=1S/C16H14N4OS/c21-15(11-14-12-20-9-10-22-16(20)18-14)19-17-8-4-7-13-5-2-1-3-6-13/h1-10,12H,11H2,(H,19,21)/b7-4+,17-8-. The first-order valence-electron chi connectivity index (χ1n) is 6.76. The molecule has 22 heavy (non-hydrogen) atoms. The minimum Gasteiger partial charge on any atom is -0.297 e. The first-order valence-corrected chi connectivity index (χ1v) is 7.64. The maximum Gasteiger partial charge on any atom is 0.246 e. The molecule has 0 spiro atoms. The molecule has 6 heteroatoms. The summed E-state index contributed by atoms with van der Waals surface area (Å²) in [5.74, 6) is -0.185. The van der Waals surface area contributed by atoms with E-state index in [1.807, 2.05) is 58.6 Å². The van der Waals surface area contributed by atoms with E-state index in [-0.39, 0.29) is 12.3 Å². The van der Waals surface area contributed by atoms with Crippen molar-refractivity contribution in [2.45, 2.75) is 6.42 Å². The van der Waals surface area contributed by atoms with Crippen molar-refractivity contribution in [1.82, 2.24) is 14.8 Å². The SMILES string of the molecule is O=C(Cc1cn2ccsc2n1)N/N=C\C=C\c1ccccc1. The Balaban J connectivity index is 1.48. The summed E-state index contributed by atoms with van der Waals surface area (Å²) in [6.45, 7) is 0. The van der Waals surface area contributed by atoms with Crippen molar-refractivity contribution in [2.24, 2.45) is 5.10 Å². The van der Waals surface area contributed by atoms with Crippen molar-refractivity contribution in [3.05, 3.63) is 65.4 Å². The Hall–Kier alpha value is -2.73. The van der Waals surface area contributed by atoms with Crippen molar-refractivity contribution >= 4 is 34.5 Å². The molecule has 110 valence electrons. The van der Waals surface area contributed by atoms with Crippen LogP contribution in [0.25, 0.3) is 11.0 Å². The van der Waals surface area contributed by atoms with Gasteiger partial charge in [0.05, 0.1) is 12.1 Å². The average molecular weight is 310 g/mol. The lowest BCUT2D eigenvalue weighted by atomic mass is 10.2. The van der Waals surface area contributed by atoms with Crippen LogP contribution in [-0.4, -0.2) is 21.5 Å². The minimum atomic E-state index is -0.185. The zero-order chi connectivity index (χ0) is 15.2. The molecule has 1 amide bonds. The number of benzene rings is 1. The molecule has 0 fully saturated rings. The maximum absolute atomic E-state index is 11.7. The number of nitrogens with one attached hydrogen (secondary N) is 1. The lowest BCUT2D eigenvalue weighted by Gasteiger charge is -1.95. The van der Waals surface area contributed by atoms with Gasteiger partial charge in [-0.3, -0.25) is 9.20 Å². The Morgan fingerprint density at radius 1 is 1.36 bits per heavy atom. The van der Waals surface area contributed by atoms with E-state index in [9.17, 15) is 4.79 Å². The summed E-state index contributed by atoms with van der Waals surface area (Å²) in [5, 5.41) is 5.83. The predicted molar refractivity (Wildman–Crippen MR) is 88.9 cm³/mol. The second-order valence-electron chi connectivity index (χ2n) is 4.58. The van der Waals surface area contributed by atoms with Gasteiger partial charge >= 0.3 is 0 Å². The highest BCUT2D eigenvalue weighted by Gasteiger charge is 2.07. The van der Waals surface area contributed by atoms with E-state index in [1.54, 1.807) is 12.3 Å². The van der Waals surface area contributed by atoms with Gasteiger partial charge in [0.25, 0.3) is 0 Å². The smallest absolute Gasteiger partial charge is 0.246 e. The number of hydrazone groups is 1. The summed E-state index contributed by atoms with van der Waals surface area (Å²) in [6, 6.07) is 9.88. The fraction of sp³-hybridized carbons (Fsp3) is 0.0625. The largest absolute Gasteiger partial charge is 0.297 e. The van der Waals surface area contributed by atoms with Gasteiger partial charge in [-0.15, -0.1) is 11.3 Å². The Kier molecular flexibility index (Phi) is 4.41. The van der Waals surface area contributed by atoms with Crippen molar-refractivity contribution in [3.63, 3.8) is 0 Å². The molecule has 0 bridgehead atoms. The molecule has 1 aromatic carbocycles. The summed E-state index contributed by atoms with van der Waals surface area (Å²) in [5.41, 5.74) is 4.30. The fourth-order valence-electron chi connectivity index (χ4n) is 1.94. The van der Waals surface area contributed by atoms with Gasteiger partial charge in [0.2, 0.25) is 5.91 Å². The monoisotopic (exact) mass is 310 g/mol. The number of imidazole rings is 1. The molecule has 0 aliphatic heterocycles. The van der Waals surface area contributed by atoms with Crippen LogP contribution in [0.5, 0.6) is 0 Å². The Bertz CT molecular complexity index is 788. The lowest BCUT2D eigenvalue weighted by molar-refractivity contribution is -0.120. The molecule has 0 saturated heterocycles. The molecule has 0 saturated carbocycles. The highest BCUT2D eigenvalue weighted by atomic mass is 32.1. The van der Waals surface area contributed by atoms with Crippen LogP contribution >= 0.6 is 11.3 Å². The molecule has 2 aromatic heterocycles. The summed E-state index contributed by atoms with van der Waals surface area (Å²) >= 11 is 1.54. The molecule has 3 aromatic rings. The number of rotatable bonds is 5. The number of allylic oxidation sites excluding steroid dienone is 1. The van der Waals surface area contributed by atoms with Crippen LogP contribution in [0.1, 0.15) is 11.3 Å². The van der Waals surface area contributed by atoms with Gasteiger partial charge in [-0.1, -0.05) is 36.4 Å². The van der Waals surface area contributed by atoms with E-state index in [0.29, 0.717) is 0 Å². The predicted octanol–water partition coefficient (Wildman–Crippen LogP) is 2.75. The van der Waals surface area contributed by atoms with Crippen LogP contribution < -0.4 is 5.43 Å². The van der Waals surface area contributed by atoms with E-state index >= 15 is 0 Å². The molecule has 3 rings (SSSR count). The van der Waals surface area contributed by atoms with Crippen LogP contribution in [0.4, 0.5) is 0 Å². The maximum atomic E-state index is 11.7. The molecule has 0 aliphatic rings. The van der Waals surface area contributed by atoms with E-state index in [1.165, 1.54) is 11.3 Å². The molecule has 5 nitrogen and oxygen atoms in total. The van der Waals surface area contributed by atoms with E-state index in [4.69, 9.17) is 0 Å². The van der Waals surface area contributed by atoms with Crippen LogP contribution in [0.3, 0.4) is 0 Å². The third-order valence-corrected chi connectivity index (χ3v) is 3.69. The Labute approximate surface area is 131 Å². The zero-order valence-electron chi connectivity index (χ0n) is 11.7. The Morgan fingerprint density at radius 3 is 3.05 bits per heavy atom. The van der Waals surface area contributed by atoms with Gasteiger partial charge in [0, 0.05) is 24.0 Å². The molecular formula is C16H14N4OS. The van der Waals surface area contributed by atoms with Crippen LogP contribution in [0, 0.1) is 0 Å². The van der Waals surface area contributed by atoms with Crippen molar-refractivity contribution in [2.75, 3.05) is 0 Å². The van der Waals surface area contributed by atoms with Gasteiger partial charge < -0.3 is 0 Å². The zero-order valence-corrected chi connectivity index (χ0v) is 12.5. The first-order chi connectivity index (χ1) is 10.8. The topological polar surface area (TPSA) is 58.8 Å². The summed E-state index contributed by atoms with van der Waals surface area (Å²) < 4.78 is 1.90. The molecule has 1 N–H and O–H groups in total. The number of hydrogen-bond acceptors (Lipinski definition) is 4. The lowest BCUT2D eigenvalue weighted by Crippen LogP contribution is -2.19. The third-order valence-electron chi connectivity index (χ3n) is 2.92. The third kappa shape index (κ3) is 3.67. The molecule has 0 unspecified atom stereocenters. The summed E-state index contributed by atoms with van der Waals surface area (Å²) in [6.07, 6.45) is 9.23. The van der Waals surface area contributed by atoms with E-state index in [2.05, 4.69) is 15.5 Å². The van der Waals surface area contributed by atoms with Crippen molar-refractivity contribution < 1.29 is 4.79 Å². The first kappa shape index (κ1) is 14.2. The molecular weight excluding hydrogens is 296 g/mol. The highest BCUT2D eigenvalue weighted by molar-refractivity contribution is 7.15. The number of aromatic nitrogens is 2.